The molecule has 0 spiro atoms. The van der Waals surface area contributed by atoms with E-state index in [2.05, 4.69) is 9.69 Å². The predicted octanol–water partition coefficient (Wildman–Crippen LogP) is 5.43. The molecule has 0 amide bonds. The van der Waals surface area contributed by atoms with Crippen LogP contribution in [0, 0.1) is 70.7 Å². The van der Waals surface area contributed by atoms with Crippen molar-refractivity contribution in [3.8, 4) is 12.1 Å². The molecule has 0 N–H and O–H groups in total. The van der Waals surface area contributed by atoms with E-state index >= 15 is 8.78 Å². The van der Waals surface area contributed by atoms with Crippen LogP contribution in [0.15, 0.2) is 58.9 Å². The van der Waals surface area contributed by atoms with E-state index in [0.29, 0.717) is 12.1 Å². The number of halogens is 6. The molecule has 0 atom stereocenters. The number of hydrogen-bond acceptors (Lipinski definition) is 2. The fourth-order valence-corrected chi connectivity index (χ4v) is 5.23. The van der Waals surface area contributed by atoms with Gasteiger partial charge in [-0.05, 0) is 52.1 Å². The van der Waals surface area contributed by atoms with Gasteiger partial charge in [0.1, 0.15) is 65.8 Å². The highest BCUT2D eigenvalue weighted by molar-refractivity contribution is 5.88. The van der Waals surface area contributed by atoms with Gasteiger partial charge >= 0.3 is 5.82 Å². The molecule has 2 aliphatic rings. The minimum atomic E-state index is -1.09. The van der Waals surface area contributed by atoms with Crippen molar-refractivity contribution in [1.29, 1.82) is 10.5 Å². The molecule has 0 saturated heterocycles. The minimum Gasteiger partial charge on any atom is -0.207 e. The Kier molecular flexibility index (Phi) is 6.26. The number of nitriles is 2. The van der Waals surface area contributed by atoms with Gasteiger partial charge in [-0.25, -0.2) is 26.3 Å². The third kappa shape index (κ3) is 3.91. The highest BCUT2D eigenvalue weighted by Gasteiger charge is 2.36. The zero-order chi connectivity index (χ0) is 28.9. The molecule has 5 rings (SSSR count). The standard InChI is InChI=1S/C30H10F6N4/c1-39-30(40-2)23-10-22-27(25(23)14-5-18(33)8-19(34)6-14)28(35)21-9-20(15(11-37)12-38)24(26(21)29(22)36)13-3-16(31)7-17(32)4-13/h3-8H,9-10H2. The summed E-state index contributed by atoms with van der Waals surface area (Å²) in [5, 5.41) is 18.2. The van der Waals surface area contributed by atoms with Crippen molar-refractivity contribution in [3.63, 3.8) is 0 Å². The van der Waals surface area contributed by atoms with Gasteiger partial charge < -0.3 is 0 Å². The summed E-state index contributed by atoms with van der Waals surface area (Å²) in [6.45, 7) is 14.7. The summed E-state index contributed by atoms with van der Waals surface area (Å²) in [6.07, 6.45) is -1.02. The van der Waals surface area contributed by atoms with Crippen LogP contribution in [0.1, 0.15) is 22.3 Å². The maximum atomic E-state index is 16.4. The Morgan fingerprint density at radius 1 is 0.625 bits per heavy atom. The lowest BCUT2D eigenvalue weighted by molar-refractivity contribution is 0.566. The summed E-state index contributed by atoms with van der Waals surface area (Å²) in [6, 6.07) is 7.80. The summed E-state index contributed by atoms with van der Waals surface area (Å²) in [4.78, 5) is 6.25. The number of fused-ring (bicyclic) bond motifs is 2. The quantitative estimate of drug-likeness (QED) is 0.248. The molecule has 0 saturated carbocycles. The molecule has 3 aromatic rings. The Hall–Kier alpha value is -5.58. The average molecular weight is 540 g/mol. The fourth-order valence-electron chi connectivity index (χ4n) is 5.23. The summed E-state index contributed by atoms with van der Waals surface area (Å²) < 4.78 is 89.6. The summed E-state index contributed by atoms with van der Waals surface area (Å²) in [5.41, 5.74) is -2.59. The van der Waals surface area contributed by atoms with Gasteiger partial charge in [0.25, 0.3) is 0 Å². The molecular formula is C30H10F6N4. The Morgan fingerprint density at radius 3 is 1.38 bits per heavy atom. The Morgan fingerprint density at radius 2 is 1.00 bits per heavy atom. The second kappa shape index (κ2) is 9.62. The van der Waals surface area contributed by atoms with Crippen molar-refractivity contribution in [2.45, 2.75) is 12.8 Å². The van der Waals surface area contributed by atoms with Gasteiger partial charge in [0.2, 0.25) is 0 Å². The summed E-state index contributed by atoms with van der Waals surface area (Å²) in [7, 11) is 0. The maximum absolute atomic E-state index is 16.4. The van der Waals surface area contributed by atoms with Gasteiger partial charge in [-0.1, -0.05) is 0 Å². The molecule has 0 unspecified atom stereocenters. The van der Waals surface area contributed by atoms with Gasteiger partial charge in [0, 0.05) is 46.5 Å². The van der Waals surface area contributed by atoms with Gasteiger partial charge in [0.05, 0.1) is 5.57 Å². The molecule has 3 aromatic carbocycles. The maximum Gasteiger partial charge on any atom is 0.523 e. The Balaban J connectivity index is 2.03. The number of allylic oxidation sites excluding steroid dienone is 3. The molecule has 192 valence electrons. The van der Waals surface area contributed by atoms with E-state index in [9.17, 15) is 28.1 Å². The first-order chi connectivity index (χ1) is 19.1. The van der Waals surface area contributed by atoms with Gasteiger partial charge in [-0.2, -0.15) is 20.2 Å². The van der Waals surface area contributed by atoms with Crippen molar-refractivity contribution < 1.29 is 26.3 Å². The SMILES string of the molecule is [C-]#[N+]C([N+]#[C-])=C1Cc2c(F)c3c(c(F)c2=C1c1cc(F)cc(F)c1)CC(=C(C#N)C#N)C=3c1cc(F)cc(F)c1. The molecular weight excluding hydrogens is 530 g/mol. The van der Waals surface area contributed by atoms with Crippen LogP contribution < -0.4 is 10.4 Å². The molecule has 0 aliphatic heterocycles. The van der Waals surface area contributed by atoms with Crippen molar-refractivity contribution >= 4 is 11.1 Å². The van der Waals surface area contributed by atoms with Crippen molar-refractivity contribution in [1.82, 2.24) is 0 Å². The highest BCUT2D eigenvalue weighted by Crippen LogP contribution is 2.37. The second-order valence-corrected chi connectivity index (χ2v) is 8.86. The van der Waals surface area contributed by atoms with Crippen LogP contribution in [0.3, 0.4) is 0 Å². The molecule has 0 aromatic heterocycles. The van der Waals surface area contributed by atoms with Crippen LogP contribution in [0.25, 0.3) is 20.8 Å². The van der Waals surface area contributed by atoms with Crippen molar-refractivity contribution in [3.05, 3.63) is 149 Å². The van der Waals surface area contributed by atoms with Gasteiger partial charge in [0.15, 0.2) is 0 Å². The van der Waals surface area contributed by atoms with Crippen molar-refractivity contribution in [2.75, 3.05) is 0 Å². The Labute approximate surface area is 222 Å². The molecule has 2 aliphatic carbocycles. The van der Waals surface area contributed by atoms with E-state index in [1.807, 2.05) is 0 Å². The largest absolute Gasteiger partial charge is 0.523 e. The highest BCUT2D eigenvalue weighted by atomic mass is 19.2. The minimum absolute atomic E-state index is 0.157. The van der Waals surface area contributed by atoms with Crippen LogP contribution >= 0.6 is 0 Å². The number of rotatable bonds is 2. The van der Waals surface area contributed by atoms with Crippen LogP contribution in [-0.4, -0.2) is 0 Å². The average Bonchev–Trinajstić information content (AvgIpc) is 3.49. The molecule has 40 heavy (non-hydrogen) atoms. The zero-order valence-corrected chi connectivity index (χ0v) is 19.9. The van der Waals surface area contributed by atoms with Gasteiger partial charge in [-0.3, -0.25) is 0 Å². The first-order valence-electron chi connectivity index (χ1n) is 11.4. The van der Waals surface area contributed by atoms with E-state index in [1.165, 1.54) is 0 Å². The topological polar surface area (TPSA) is 56.3 Å². The van der Waals surface area contributed by atoms with E-state index in [-0.39, 0.29) is 44.5 Å². The fraction of sp³-hybridized carbons (Fsp3) is 0.0667. The summed E-state index contributed by atoms with van der Waals surface area (Å²) in [5.74, 6) is -6.90. The van der Waals surface area contributed by atoms with E-state index in [4.69, 9.17) is 13.1 Å². The molecule has 0 fully saturated rings. The zero-order valence-electron chi connectivity index (χ0n) is 19.9. The first kappa shape index (κ1) is 26.0. The number of nitrogens with zero attached hydrogens (tertiary/aromatic N) is 4. The smallest absolute Gasteiger partial charge is 0.207 e. The number of hydrogen-bond donors (Lipinski definition) is 0. The number of benzene rings is 3. The first-order valence-corrected chi connectivity index (χ1v) is 11.4. The molecule has 0 bridgehead atoms. The van der Waals surface area contributed by atoms with E-state index < -0.39 is 69.6 Å². The lowest BCUT2D eigenvalue weighted by Crippen LogP contribution is -2.27. The normalized spacial score (nSPS) is 13.2. The monoisotopic (exact) mass is 540 g/mol. The van der Waals surface area contributed by atoms with Crippen LogP contribution in [0.4, 0.5) is 26.3 Å². The lowest BCUT2D eigenvalue weighted by Gasteiger charge is -2.08. The van der Waals surface area contributed by atoms with Crippen LogP contribution in [-0.2, 0) is 12.8 Å². The molecule has 4 nitrogen and oxygen atoms in total. The van der Waals surface area contributed by atoms with E-state index in [0.717, 1.165) is 24.3 Å². The van der Waals surface area contributed by atoms with Gasteiger partial charge in [-0.15, -0.1) is 0 Å². The van der Waals surface area contributed by atoms with E-state index in [1.54, 1.807) is 12.1 Å². The molecule has 0 radical (unpaired) electrons. The van der Waals surface area contributed by atoms with Crippen LogP contribution in [0.5, 0.6) is 0 Å². The Bertz CT molecular complexity index is 1840. The third-order valence-corrected chi connectivity index (χ3v) is 6.69. The predicted molar refractivity (Wildman–Crippen MR) is 129 cm³/mol. The van der Waals surface area contributed by atoms with Crippen LogP contribution in [0.2, 0.25) is 0 Å². The lowest BCUT2D eigenvalue weighted by atomic mass is 9.95. The molecule has 10 heteroatoms. The third-order valence-electron chi connectivity index (χ3n) is 6.69. The summed E-state index contributed by atoms with van der Waals surface area (Å²) >= 11 is 0. The second-order valence-electron chi connectivity index (χ2n) is 8.86. The molecule has 0 heterocycles. The van der Waals surface area contributed by atoms with Crippen molar-refractivity contribution in [2.24, 2.45) is 0 Å².